The van der Waals surface area contributed by atoms with E-state index in [0.717, 1.165) is 5.56 Å². The molecule has 1 aromatic rings. The molecule has 1 nitrogen and oxygen atoms in total. The SMILES string of the molecule is Cc1ccc(CCCO)cc1C(F)F. The third-order valence-electron chi connectivity index (χ3n) is 2.20. The molecular formula is C11H14F2O. The number of hydrogen-bond acceptors (Lipinski definition) is 1. The first-order valence-corrected chi connectivity index (χ1v) is 4.63. The summed E-state index contributed by atoms with van der Waals surface area (Å²) >= 11 is 0. The Labute approximate surface area is 82.4 Å². The summed E-state index contributed by atoms with van der Waals surface area (Å²) in [4.78, 5) is 0. The van der Waals surface area contributed by atoms with Crippen LogP contribution in [-0.4, -0.2) is 11.7 Å². The minimum absolute atomic E-state index is 0.0951. The van der Waals surface area contributed by atoms with Crippen LogP contribution in [0, 0.1) is 6.92 Å². The molecule has 0 bridgehead atoms. The molecule has 0 radical (unpaired) electrons. The van der Waals surface area contributed by atoms with Crippen LogP contribution in [0.2, 0.25) is 0 Å². The van der Waals surface area contributed by atoms with Gasteiger partial charge in [-0.1, -0.05) is 12.1 Å². The van der Waals surface area contributed by atoms with E-state index < -0.39 is 6.43 Å². The molecule has 0 aliphatic rings. The molecule has 1 aromatic carbocycles. The van der Waals surface area contributed by atoms with Crippen molar-refractivity contribution < 1.29 is 13.9 Å². The number of halogens is 2. The minimum Gasteiger partial charge on any atom is -0.396 e. The van der Waals surface area contributed by atoms with Crippen LogP contribution in [0.1, 0.15) is 29.5 Å². The van der Waals surface area contributed by atoms with E-state index in [1.54, 1.807) is 13.0 Å². The molecule has 0 unspecified atom stereocenters. The van der Waals surface area contributed by atoms with E-state index in [4.69, 9.17) is 5.11 Å². The highest BCUT2D eigenvalue weighted by atomic mass is 19.3. The van der Waals surface area contributed by atoms with Crippen molar-refractivity contribution in [3.63, 3.8) is 0 Å². The van der Waals surface area contributed by atoms with Gasteiger partial charge in [-0.05, 0) is 37.0 Å². The number of aryl methyl sites for hydroxylation is 2. The highest BCUT2D eigenvalue weighted by Crippen LogP contribution is 2.23. The molecule has 1 rings (SSSR count). The molecule has 0 heterocycles. The van der Waals surface area contributed by atoms with E-state index in [1.807, 2.05) is 6.07 Å². The molecule has 0 amide bonds. The van der Waals surface area contributed by atoms with Gasteiger partial charge in [-0.15, -0.1) is 0 Å². The minimum atomic E-state index is -2.41. The molecule has 78 valence electrons. The van der Waals surface area contributed by atoms with Gasteiger partial charge in [-0.25, -0.2) is 8.78 Å². The molecule has 0 fully saturated rings. The van der Waals surface area contributed by atoms with Crippen molar-refractivity contribution in [2.75, 3.05) is 6.61 Å². The van der Waals surface area contributed by atoms with Crippen molar-refractivity contribution >= 4 is 0 Å². The third kappa shape index (κ3) is 2.77. The summed E-state index contributed by atoms with van der Waals surface area (Å²) in [5, 5.41) is 8.61. The fraction of sp³-hybridized carbons (Fsp3) is 0.455. The number of hydrogen-bond donors (Lipinski definition) is 1. The van der Waals surface area contributed by atoms with Crippen LogP contribution in [-0.2, 0) is 6.42 Å². The molecule has 14 heavy (non-hydrogen) atoms. The highest BCUT2D eigenvalue weighted by Gasteiger charge is 2.10. The zero-order valence-corrected chi connectivity index (χ0v) is 8.13. The first-order valence-electron chi connectivity index (χ1n) is 4.63. The maximum absolute atomic E-state index is 12.5. The molecule has 0 saturated carbocycles. The standard InChI is InChI=1S/C11H14F2O/c1-8-4-5-9(3-2-6-14)7-10(8)11(12)13/h4-5,7,11,14H,2-3,6H2,1H3. The van der Waals surface area contributed by atoms with Gasteiger partial charge in [0.1, 0.15) is 0 Å². The first-order chi connectivity index (χ1) is 6.65. The van der Waals surface area contributed by atoms with Crippen LogP contribution in [0.5, 0.6) is 0 Å². The van der Waals surface area contributed by atoms with Crippen LogP contribution < -0.4 is 0 Å². The van der Waals surface area contributed by atoms with Crippen molar-refractivity contribution in [1.29, 1.82) is 0 Å². The molecule has 0 aliphatic heterocycles. The maximum atomic E-state index is 12.5. The lowest BCUT2D eigenvalue weighted by Gasteiger charge is -2.07. The molecule has 3 heteroatoms. The van der Waals surface area contributed by atoms with Crippen LogP contribution in [0.15, 0.2) is 18.2 Å². The molecular weight excluding hydrogens is 186 g/mol. The van der Waals surface area contributed by atoms with Crippen LogP contribution in [0.4, 0.5) is 8.78 Å². The van der Waals surface area contributed by atoms with Gasteiger partial charge in [-0.3, -0.25) is 0 Å². The zero-order valence-electron chi connectivity index (χ0n) is 8.13. The van der Waals surface area contributed by atoms with Gasteiger partial charge in [0.15, 0.2) is 0 Å². The Hall–Kier alpha value is -0.960. The van der Waals surface area contributed by atoms with E-state index >= 15 is 0 Å². The Balaban J connectivity index is 2.83. The van der Waals surface area contributed by atoms with Gasteiger partial charge in [0.2, 0.25) is 0 Å². The van der Waals surface area contributed by atoms with Crippen LogP contribution in [0.25, 0.3) is 0 Å². The quantitative estimate of drug-likeness (QED) is 0.792. The molecule has 0 aromatic heterocycles. The Bertz CT molecular complexity index is 297. The lowest BCUT2D eigenvalue weighted by molar-refractivity contribution is 0.150. The summed E-state index contributed by atoms with van der Waals surface area (Å²) in [6.07, 6.45) is -1.15. The summed E-state index contributed by atoms with van der Waals surface area (Å²) < 4.78 is 25.0. The molecule has 0 aliphatic carbocycles. The maximum Gasteiger partial charge on any atom is 0.264 e. The monoisotopic (exact) mass is 200 g/mol. The number of rotatable bonds is 4. The van der Waals surface area contributed by atoms with Crippen LogP contribution >= 0.6 is 0 Å². The Morgan fingerprint density at radius 3 is 2.64 bits per heavy atom. The second-order valence-corrected chi connectivity index (χ2v) is 3.32. The smallest absolute Gasteiger partial charge is 0.264 e. The van der Waals surface area contributed by atoms with Crippen molar-refractivity contribution in [2.24, 2.45) is 0 Å². The van der Waals surface area contributed by atoms with Crippen molar-refractivity contribution in [2.45, 2.75) is 26.2 Å². The number of aliphatic hydroxyl groups is 1. The predicted molar refractivity (Wildman–Crippen MR) is 51.5 cm³/mol. The van der Waals surface area contributed by atoms with Crippen molar-refractivity contribution in [3.8, 4) is 0 Å². The van der Waals surface area contributed by atoms with Gasteiger partial charge in [0, 0.05) is 12.2 Å². The van der Waals surface area contributed by atoms with Gasteiger partial charge in [-0.2, -0.15) is 0 Å². The summed E-state index contributed by atoms with van der Waals surface area (Å²) in [7, 11) is 0. The summed E-state index contributed by atoms with van der Waals surface area (Å²) in [5.41, 5.74) is 1.58. The average molecular weight is 200 g/mol. The van der Waals surface area contributed by atoms with E-state index in [9.17, 15) is 8.78 Å². The number of aliphatic hydroxyl groups excluding tert-OH is 1. The first kappa shape index (κ1) is 11.1. The molecule has 1 N–H and O–H groups in total. The lowest BCUT2D eigenvalue weighted by atomic mass is 10.0. The second kappa shape index (κ2) is 5.05. The van der Waals surface area contributed by atoms with Crippen molar-refractivity contribution in [3.05, 3.63) is 34.9 Å². The number of benzene rings is 1. The van der Waals surface area contributed by atoms with E-state index in [-0.39, 0.29) is 12.2 Å². The van der Waals surface area contributed by atoms with Crippen molar-refractivity contribution in [1.82, 2.24) is 0 Å². The normalized spacial score (nSPS) is 10.9. The third-order valence-corrected chi connectivity index (χ3v) is 2.20. The van der Waals surface area contributed by atoms with E-state index in [0.29, 0.717) is 18.4 Å². The van der Waals surface area contributed by atoms with Gasteiger partial charge in [0.25, 0.3) is 6.43 Å². The number of alkyl halides is 2. The molecule has 0 saturated heterocycles. The summed E-state index contributed by atoms with van der Waals surface area (Å²) in [6, 6.07) is 5.06. The van der Waals surface area contributed by atoms with E-state index in [1.165, 1.54) is 6.07 Å². The fourth-order valence-electron chi connectivity index (χ4n) is 1.36. The summed E-state index contributed by atoms with van der Waals surface area (Å²) in [6.45, 7) is 1.77. The Kier molecular flexibility index (Phi) is 4.01. The average Bonchev–Trinajstić information content (AvgIpc) is 2.16. The van der Waals surface area contributed by atoms with Gasteiger partial charge in [0.05, 0.1) is 0 Å². The Morgan fingerprint density at radius 1 is 1.36 bits per heavy atom. The molecule has 0 atom stereocenters. The molecule has 0 spiro atoms. The highest BCUT2D eigenvalue weighted by molar-refractivity contribution is 5.32. The zero-order chi connectivity index (χ0) is 10.6. The largest absolute Gasteiger partial charge is 0.396 e. The Morgan fingerprint density at radius 2 is 2.07 bits per heavy atom. The fourth-order valence-corrected chi connectivity index (χ4v) is 1.36. The van der Waals surface area contributed by atoms with Gasteiger partial charge < -0.3 is 5.11 Å². The topological polar surface area (TPSA) is 20.2 Å². The predicted octanol–water partition coefficient (Wildman–Crippen LogP) is 2.86. The second-order valence-electron chi connectivity index (χ2n) is 3.32. The lowest BCUT2D eigenvalue weighted by Crippen LogP contribution is -1.94. The van der Waals surface area contributed by atoms with E-state index in [2.05, 4.69) is 0 Å². The van der Waals surface area contributed by atoms with Gasteiger partial charge >= 0.3 is 0 Å². The summed E-state index contributed by atoms with van der Waals surface area (Å²) in [5.74, 6) is 0. The van der Waals surface area contributed by atoms with Crippen LogP contribution in [0.3, 0.4) is 0 Å².